The van der Waals surface area contributed by atoms with Gasteiger partial charge in [-0.3, -0.25) is 14.8 Å². The number of halogens is 1. The quantitative estimate of drug-likeness (QED) is 0.287. The molecule has 14 heteroatoms. The van der Waals surface area contributed by atoms with E-state index in [1.807, 2.05) is 26.0 Å². The van der Waals surface area contributed by atoms with E-state index in [0.717, 1.165) is 56.3 Å². The molecule has 2 aromatic heterocycles. The molecule has 0 spiro atoms. The van der Waals surface area contributed by atoms with Crippen LogP contribution in [0, 0.1) is 25.2 Å². The number of carbonyl (C=O) groups is 1. The molecule has 4 aromatic rings. The van der Waals surface area contributed by atoms with Crippen LogP contribution in [-0.4, -0.2) is 112 Å². The third-order valence-corrected chi connectivity index (χ3v) is 9.37. The van der Waals surface area contributed by atoms with Crippen LogP contribution in [0.3, 0.4) is 0 Å². The summed E-state index contributed by atoms with van der Waals surface area (Å²) >= 11 is 0. The van der Waals surface area contributed by atoms with Crippen LogP contribution in [0.1, 0.15) is 33.7 Å². The summed E-state index contributed by atoms with van der Waals surface area (Å²) in [6, 6.07) is 15.9. The van der Waals surface area contributed by atoms with Crippen molar-refractivity contribution < 1.29 is 18.7 Å². The van der Waals surface area contributed by atoms with Crippen molar-refractivity contribution >= 4 is 23.2 Å². The summed E-state index contributed by atoms with van der Waals surface area (Å²) in [6.45, 7) is 9.56. The first-order valence-electron chi connectivity index (χ1n) is 16.1. The number of ether oxygens (including phenoxy) is 2. The SMILES string of the molecule is Cc1[nH]nc(C(=O)N2CC[C@H](Oc3ccc(-c4ncnc(Nc5ccc(N6CCN(C7COC7)CC6)cc5)n4)cc3C#N)[C@@H](F)C2)c1C. The van der Waals surface area contributed by atoms with E-state index < -0.39 is 12.3 Å². The van der Waals surface area contributed by atoms with Crippen LogP contribution in [0.25, 0.3) is 11.4 Å². The molecule has 0 aliphatic carbocycles. The van der Waals surface area contributed by atoms with Crippen molar-refractivity contribution in [2.75, 3.05) is 62.7 Å². The Bertz CT molecular complexity index is 1810. The summed E-state index contributed by atoms with van der Waals surface area (Å²) in [5.74, 6) is 0.691. The minimum Gasteiger partial charge on any atom is -0.486 e. The van der Waals surface area contributed by atoms with Gasteiger partial charge in [0.25, 0.3) is 5.91 Å². The van der Waals surface area contributed by atoms with E-state index >= 15 is 4.39 Å². The fraction of sp³-hybridized carbons (Fsp3) is 0.412. The second-order valence-corrected chi connectivity index (χ2v) is 12.4. The highest BCUT2D eigenvalue weighted by atomic mass is 19.1. The Kier molecular flexibility index (Phi) is 8.88. The summed E-state index contributed by atoms with van der Waals surface area (Å²) in [4.78, 5) is 32.4. The summed E-state index contributed by atoms with van der Waals surface area (Å²) in [5.41, 5.74) is 4.69. The number of piperidine rings is 1. The zero-order valence-electron chi connectivity index (χ0n) is 26.9. The van der Waals surface area contributed by atoms with Gasteiger partial charge in [-0.1, -0.05) is 0 Å². The van der Waals surface area contributed by atoms with Crippen molar-refractivity contribution in [3.63, 3.8) is 0 Å². The summed E-state index contributed by atoms with van der Waals surface area (Å²) in [7, 11) is 0. The van der Waals surface area contributed by atoms with Crippen LogP contribution >= 0.6 is 0 Å². The molecular formula is C34H37FN10O3. The molecule has 13 nitrogen and oxygen atoms in total. The number of nitriles is 1. The fourth-order valence-electron chi connectivity index (χ4n) is 6.23. The van der Waals surface area contributed by atoms with E-state index in [-0.39, 0.29) is 30.2 Å². The normalized spacial score (nSPS) is 20.2. The zero-order chi connectivity index (χ0) is 33.2. The van der Waals surface area contributed by atoms with Crippen molar-refractivity contribution in [2.45, 2.75) is 38.6 Å². The van der Waals surface area contributed by atoms with Gasteiger partial charge >= 0.3 is 0 Å². The highest BCUT2D eigenvalue weighted by Crippen LogP contribution is 2.29. The predicted octanol–water partition coefficient (Wildman–Crippen LogP) is 3.65. The molecule has 0 radical (unpaired) electrons. The molecule has 2 aromatic carbocycles. The lowest BCUT2D eigenvalue weighted by Crippen LogP contribution is -2.56. The number of alkyl halides is 1. The smallest absolute Gasteiger partial charge is 0.274 e. The van der Waals surface area contributed by atoms with Crippen LogP contribution in [0.5, 0.6) is 5.75 Å². The first-order chi connectivity index (χ1) is 23.4. The van der Waals surface area contributed by atoms with Crippen molar-refractivity contribution in [2.24, 2.45) is 0 Å². The Morgan fingerprint density at radius 3 is 2.54 bits per heavy atom. The number of rotatable bonds is 8. The number of H-pyrrole nitrogens is 1. The lowest BCUT2D eigenvalue weighted by Gasteiger charge is -2.43. The standard InChI is InChI=1S/C34H37FN10O3/c1-21-22(2)41-42-31(21)33(46)45-10-9-30(28(35)17-45)48-29-8-3-23(15-24(29)16-36)32-37-20-38-34(40-32)39-25-4-6-26(7-5-25)43-11-13-44(14-12-43)27-18-47-19-27/h3-8,15,20,27-28,30H,9-14,17-19H2,1-2H3,(H,41,42)(H,37,38,39,40)/t28-,30-/m0/s1. The van der Waals surface area contributed by atoms with Crippen LogP contribution in [-0.2, 0) is 4.74 Å². The Morgan fingerprint density at radius 2 is 1.88 bits per heavy atom. The minimum absolute atomic E-state index is 0.119. The van der Waals surface area contributed by atoms with Gasteiger partial charge in [-0.05, 0) is 56.3 Å². The van der Waals surface area contributed by atoms with Gasteiger partial charge in [-0.15, -0.1) is 0 Å². The lowest BCUT2D eigenvalue weighted by atomic mass is 10.0. The molecule has 0 bridgehead atoms. The molecular weight excluding hydrogens is 615 g/mol. The molecule has 3 fully saturated rings. The van der Waals surface area contributed by atoms with Crippen molar-refractivity contribution in [1.82, 2.24) is 34.9 Å². The summed E-state index contributed by atoms with van der Waals surface area (Å²) in [6.07, 6.45) is -0.548. The number of benzene rings is 2. The second-order valence-electron chi connectivity index (χ2n) is 12.4. The Morgan fingerprint density at radius 1 is 1.08 bits per heavy atom. The van der Waals surface area contributed by atoms with Crippen LogP contribution in [0.15, 0.2) is 48.8 Å². The first kappa shape index (κ1) is 31.5. The first-order valence-corrected chi connectivity index (χ1v) is 16.1. The summed E-state index contributed by atoms with van der Waals surface area (Å²) in [5, 5.41) is 20.0. The molecule has 2 N–H and O–H groups in total. The van der Waals surface area contributed by atoms with Gasteiger partial charge in [0, 0.05) is 67.3 Å². The molecule has 7 rings (SSSR count). The number of amides is 1. The van der Waals surface area contributed by atoms with Gasteiger partial charge in [0.1, 0.15) is 24.3 Å². The molecule has 248 valence electrons. The topological polar surface area (TPSA) is 148 Å². The highest BCUT2D eigenvalue weighted by Gasteiger charge is 2.35. The number of aromatic amines is 1. The molecule has 0 saturated carbocycles. The van der Waals surface area contributed by atoms with Gasteiger partial charge in [0.2, 0.25) is 5.95 Å². The number of anilines is 3. The molecule has 3 aliphatic rings. The number of nitrogens with one attached hydrogen (secondary N) is 2. The largest absolute Gasteiger partial charge is 0.486 e. The van der Waals surface area contributed by atoms with E-state index in [4.69, 9.17) is 9.47 Å². The third-order valence-electron chi connectivity index (χ3n) is 9.37. The van der Waals surface area contributed by atoms with Gasteiger partial charge < -0.3 is 24.6 Å². The Hall–Kier alpha value is -5.13. The second kappa shape index (κ2) is 13.5. The maximum Gasteiger partial charge on any atom is 0.274 e. The number of aryl methyl sites for hydroxylation is 1. The van der Waals surface area contributed by atoms with Crippen molar-refractivity contribution in [1.29, 1.82) is 5.26 Å². The average Bonchev–Trinajstić information content (AvgIpc) is 3.42. The van der Waals surface area contributed by atoms with Crippen molar-refractivity contribution in [3.05, 3.63) is 71.3 Å². The molecule has 5 heterocycles. The van der Waals surface area contributed by atoms with E-state index in [1.54, 1.807) is 18.2 Å². The maximum absolute atomic E-state index is 15.3. The van der Waals surface area contributed by atoms with E-state index in [9.17, 15) is 10.1 Å². The minimum atomic E-state index is -1.43. The average molecular weight is 653 g/mol. The van der Waals surface area contributed by atoms with E-state index in [2.05, 4.69) is 58.5 Å². The predicted molar refractivity (Wildman–Crippen MR) is 176 cm³/mol. The number of piperazine rings is 1. The van der Waals surface area contributed by atoms with Gasteiger partial charge in [0.15, 0.2) is 17.7 Å². The number of aromatic nitrogens is 5. The molecule has 48 heavy (non-hydrogen) atoms. The van der Waals surface area contributed by atoms with Crippen LogP contribution in [0.4, 0.5) is 21.7 Å². The van der Waals surface area contributed by atoms with Gasteiger partial charge in [0.05, 0.1) is 31.4 Å². The molecule has 2 atom stereocenters. The van der Waals surface area contributed by atoms with Crippen molar-refractivity contribution in [3.8, 4) is 23.2 Å². The summed E-state index contributed by atoms with van der Waals surface area (Å²) < 4.78 is 26.6. The molecule has 3 aliphatic heterocycles. The molecule has 1 amide bonds. The number of hydrogen-bond acceptors (Lipinski definition) is 11. The molecule has 3 saturated heterocycles. The highest BCUT2D eigenvalue weighted by molar-refractivity contribution is 5.94. The number of carbonyl (C=O) groups excluding carboxylic acids is 1. The number of nitrogens with zero attached hydrogens (tertiary/aromatic N) is 8. The van der Waals surface area contributed by atoms with E-state index in [0.29, 0.717) is 35.6 Å². The third kappa shape index (κ3) is 6.51. The Balaban J connectivity index is 0.965. The van der Waals surface area contributed by atoms with Gasteiger partial charge in [-0.25, -0.2) is 14.4 Å². The molecule has 0 unspecified atom stereocenters. The van der Waals surface area contributed by atoms with E-state index in [1.165, 1.54) is 16.9 Å². The lowest BCUT2D eigenvalue weighted by molar-refractivity contribution is -0.0660. The van der Waals surface area contributed by atoms with Crippen LogP contribution < -0.4 is 15.0 Å². The van der Waals surface area contributed by atoms with Crippen LogP contribution in [0.2, 0.25) is 0 Å². The maximum atomic E-state index is 15.3. The van der Waals surface area contributed by atoms with Gasteiger partial charge in [-0.2, -0.15) is 15.3 Å². The Labute approximate surface area is 277 Å². The number of hydrogen-bond donors (Lipinski definition) is 2. The number of likely N-dealkylation sites (tertiary alicyclic amines) is 1. The fourth-order valence-corrected chi connectivity index (χ4v) is 6.23. The zero-order valence-corrected chi connectivity index (χ0v) is 26.9. The monoisotopic (exact) mass is 652 g/mol.